The fourth-order valence-electron chi connectivity index (χ4n) is 4.36. The topological polar surface area (TPSA) is 125 Å². The first-order chi connectivity index (χ1) is 17.6. The number of aliphatic hydroxyl groups is 1. The Labute approximate surface area is 221 Å². The molecule has 0 radical (unpaired) electrons. The second kappa shape index (κ2) is 11.4. The summed E-state index contributed by atoms with van der Waals surface area (Å²) in [5.41, 5.74) is 4.13. The number of pyridine rings is 1. The number of rotatable bonds is 4. The van der Waals surface area contributed by atoms with Crippen LogP contribution in [0.3, 0.4) is 0 Å². The van der Waals surface area contributed by atoms with Gasteiger partial charge in [-0.2, -0.15) is 19.8 Å². The number of hydrogen-bond acceptors (Lipinski definition) is 7. The highest BCUT2D eigenvalue weighted by Gasteiger charge is 2.29. The molecule has 2 atom stereocenters. The second-order valence-corrected chi connectivity index (χ2v) is 11.4. The van der Waals surface area contributed by atoms with Crippen LogP contribution in [-0.2, 0) is 15.9 Å². The number of H-pyrrole nitrogens is 1. The number of aliphatic hydroxyl groups excluding tert-OH is 1. The molecular weight excluding hydrogens is 508 g/mol. The monoisotopic (exact) mass is 538 g/mol. The number of aromatic amines is 1. The van der Waals surface area contributed by atoms with Crippen LogP contribution in [0.15, 0.2) is 63.8 Å². The molecule has 1 fully saturated rings. The van der Waals surface area contributed by atoms with Crippen molar-refractivity contribution in [3.05, 3.63) is 70.7 Å². The summed E-state index contributed by atoms with van der Waals surface area (Å²) in [5.74, 6) is -0.328. The minimum atomic E-state index is -2.59. The lowest BCUT2D eigenvalue weighted by atomic mass is 9.87. The van der Waals surface area contributed by atoms with Gasteiger partial charge in [-0.3, -0.25) is 4.79 Å². The van der Waals surface area contributed by atoms with Gasteiger partial charge in [0, 0.05) is 10.9 Å². The number of aromatic nitrogens is 2. The quantitative estimate of drug-likeness (QED) is 0.311. The van der Waals surface area contributed by atoms with Gasteiger partial charge >= 0.3 is 10.5 Å². The number of hydrogen-bond donors (Lipinski definition) is 3. The van der Waals surface area contributed by atoms with Crippen LogP contribution in [0, 0.1) is 0 Å². The van der Waals surface area contributed by atoms with Gasteiger partial charge in [0.2, 0.25) is 0 Å². The van der Waals surface area contributed by atoms with Gasteiger partial charge < -0.3 is 15.4 Å². The molecule has 0 saturated heterocycles. The van der Waals surface area contributed by atoms with Crippen molar-refractivity contribution in [3.8, 4) is 11.1 Å². The summed E-state index contributed by atoms with van der Waals surface area (Å²) < 4.78 is 25.2. The molecule has 4 aromatic rings. The first kappa shape index (κ1) is 26.7. The molecule has 1 aliphatic carbocycles. The van der Waals surface area contributed by atoms with Crippen LogP contribution in [0.25, 0.3) is 22.2 Å². The van der Waals surface area contributed by atoms with Gasteiger partial charge in [-0.25, -0.2) is 4.98 Å². The predicted octanol–water partition coefficient (Wildman–Crippen LogP) is 5.61. The van der Waals surface area contributed by atoms with E-state index in [4.69, 9.17) is 0 Å². The highest BCUT2D eigenvalue weighted by atomic mass is 32.2. The van der Waals surface area contributed by atoms with Crippen LogP contribution in [0.5, 0.6) is 0 Å². The molecule has 8 nitrogen and oxygen atoms in total. The zero-order valence-electron chi connectivity index (χ0n) is 20.9. The van der Waals surface area contributed by atoms with Gasteiger partial charge in [0.15, 0.2) is 0 Å². The van der Waals surface area contributed by atoms with E-state index in [0.29, 0.717) is 34.1 Å². The molecule has 5 rings (SSSR count). The number of carbonyl (C=O) groups is 1. The van der Waals surface area contributed by atoms with Gasteiger partial charge in [0.1, 0.15) is 17.0 Å². The van der Waals surface area contributed by atoms with E-state index in [9.17, 15) is 18.3 Å². The van der Waals surface area contributed by atoms with Crippen molar-refractivity contribution in [2.75, 3.05) is 0 Å². The van der Waals surface area contributed by atoms with Gasteiger partial charge in [-0.05, 0) is 58.7 Å². The zero-order chi connectivity index (χ0) is 26.6. The number of amides is 1. The Bertz CT molecular complexity index is 1500. The summed E-state index contributed by atoms with van der Waals surface area (Å²) in [6.07, 6.45) is 3.06. The zero-order valence-corrected chi connectivity index (χ0v) is 22.6. The molecule has 3 aromatic heterocycles. The van der Waals surface area contributed by atoms with Crippen LogP contribution in [0.4, 0.5) is 5.69 Å². The highest BCUT2D eigenvalue weighted by Crippen LogP contribution is 2.35. The lowest BCUT2D eigenvalue weighted by Crippen LogP contribution is -2.40. The van der Waals surface area contributed by atoms with Crippen LogP contribution < -0.4 is 5.32 Å². The maximum Gasteiger partial charge on any atom is 0.316 e. The molecule has 0 bridgehead atoms. The molecule has 3 heterocycles. The summed E-state index contributed by atoms with van der Waals surface area (Å²) in [5, 5.41) is 17.3. The standard InChI is InChI=1S/C17H16N4O4S2.C10H14/c22-13-3-1-2-12(13)19-17(23)15-14(9-4-5-26-8-9)11-6-10(21-27(24)25)7-18-16(11)20-15;1-10(2,3)9-7-5-4-6-8-9/h4-8,12-13,22H,1-3H2,(H,18,20)(H,19,23);4-8H,1-3H3. The fraction of sp³-hybridized carbons (Fsp3) is 0.333. The van der Waals surface area contributed by atoms with Crippen molar-refractivity contribution in [1.82, 2.24) is 15.3 Å². The van der Waals surface area contributed by atoms with Crippen LogP contribution >= 0.6 is 11.3 Å². The maximum absolute atomic E-state index is 12.9. The maximum atomic E-state index is 12.9. The molecule has 1 aromatic carbocycles. The van der Waals surface area contributed by atoms with Crippen molar-refractivity contribution in [2.45, 2.75) is 57.6 Å². The number of benzene rings is 1. The molecule has 1 saturated carbocycles. The van der Waals surface area contributed by atoms with E-state index < -0.39 is 16.6 Å². The highest BCUT2D eigenvalue weighted by molar-refractivity contribution is 7.61. The summed E-state index contributed by atoms with van der Waals surface area (Å²) >= 11 is 1.49. The summed E-state index contributed by atoms with van der Waals surface area (Å²) in [7, 11) is -2.59. The number of fused-ring (bicyclic) bond motifs is 1. The number of carbonyl (C=O) groups excluding carboxylic acids is 1. The Morgan fingerprint density at radius 3 is 2.51 bits per heavy atom. The van der Waals surface area contributed by atoms with Crippen molar-refractivity contribution in [2.24, 2.45) is 4.36 Å². The lowest BCUT2D eigenvalue weighted by molar-refractivity contribution is 0.0870. The van der Waals surface area contributed by atoms with Crippen molar-refractivity contribution in [3.63, 3.8) is 0 Å². The Balaban J connectivity index is 0.000000270. The minimum Gasteiger partial charge on any atom is -0.391 e. The van der Waals surface area contributed by atoms with E-state index >= 15 is 0 Å². The normalized spacial score (nSPS) is 17.2. The Hall–Kier alpha value is -3.34. The predicted molar refractivity (Wildman–Crippen MR) is 147 cm³/mol. The average molecular weight is 539 g/mol. The molecule has 0 spiro atoms. The number of nitrogens with one attached hydrogen (secondary N) is 2. The largest absolute Gasteiger partial charge is 0.391 e. The van der Waals surface area contributed by atoms with E-state index in [1.165, 1.54) is 23.1 Å². The Kier molecular flexibility index (Phi) is 8.21. The third kappa shape index (κ3) is 6.51. The Morgan fingerprint density at radius 2 is 1.95 bits per heavy atom. The number of thiophene rings is 1. The molecule has 1 aliphatic rings. The molecule has 2 unspecified atom stereocenters. The number of nitrogens with zero attached hydrogens (tertiary/aromatic N) is 2. The van der Waals surface area contributed by atoms with E-state index in [-0.39, 0.29) is 17.6 Å². The molecule has 37 heavy (non-hydrogen) atoms. The minimum absolute atomic E-state index is 0.185. The smallest absolute Gasteiger partial charge is 0.316 e. The third-order valence-corrected chi connectivity index (χ3v) is 7.33. The first-order valence-corrected chi connectivity index (χ1v) is 14.0. The van der Waals surface area contributed by atoms with Gasteiger partial charge in [-0.1, -0.05) is 51.1 Å². The SMILES string of the molecule is CC(C)(C)c1ccccc1.O=C(NC1CCCC1O)c1[nH]c2ncc(N=S(=O)=O)cc2c1-c1ccsc1. The Morgan fingerprint density at radius 1 is 1.19 bits per heavy atom. The van der Waals surface area contributed by atoms with Gasteiger partial charge in [0.25, 0.3) is 5.91 Å². The van der Waals surface area contributed by atoms with Crippen LogP contribution in [0.1, 0.15) is 56.1 Å². The van der Waals surface area contributed by atoms with E-state index in [1.54, 1.807) is 6.07 Å². The van der Waals surface area contributed by atoms with E-state index in [0.717, 1.165) is 18.4 Å². The summed E-state index contributed by atoms with van der Waals surface area (Å²) in [4.78, 5) is 20.1. The third-order valence-electron chi connectivity index (χ3n) is 6.29. The average Bonchev–Trinajstić information content (AvgIpc) is 3.59. The summed E-state index contributed by atoms with van der Waals surface area (Å²) in [6, 6.07) is 13.7. The molecule has 0 aliphatic heterocycles. The molecular formula is C27H30N4O4S2. The molecule has 3 N–H and O–H groups in total. The lowest BCUT2D eigenvalue weighted by Gasteiger charge is -2.18. The molecule has 10 heteroatoms. The van der Waals surface area contributed by atoms with Crippen molar-refractivity contribution in [1.29, 1.82) is 0 Å². The van der Waals surface area contributed by atoms with Gasteiger partial charge in [-0.15, -0.1) is 4.36 Å². The summed E-state index contributed by atoms with van der Waals surface area (Å²) in [6.45, 7) is 6.67. The second-order valence-electron chi connectivity index (χ2n) is 9.98. The fourth-order valence-corrected chi connectivity index (χ4v) is 5.28. The van der Waals surface area contributed by atoms with Crippen LogP contribution in [0.2, 0.25) is 0 Å². The van der Waals surface area contributed by atoms with Crippen molar-refractivity contribution < 1.29 is 18.3 Å². The van der Waals surface area contributed by atoms with E-state index in [2.05, 4.69) is 70.8 Å². The van der Waals surface area contributed by atoms with Crippen molar-refractivity contribution >= 4 is 44.5 Å². The van der Waals surface area contributed by atoms with Gasteiger partial charge in [0.05, 0.1) is 18.3 Å². The van der Waals surface area contributed by atoms with E-state index in [1.807, 2.05) is 16.8 Å². The molecule has 194 valence electrons. The molecule has 1 amide bonds. The van der Waals surface area contributed by atoms with Crippen LogP contribution in [-0.4, -0.2) is 41.5 Å². The first-order valence-electron chi connectivity index (χ1n) is 12.0.